The Balaban J connectivity index is 1.91. The third kappa shape index (κ3) is 4.87. The summed E-state index contributed by atoms with van der Waals surface area (Å²) < 4.78 is 16.2. The van der Waals surface area contributed by atoms with Crippen LogP contribution in [0.1, 0.15) is 6.92 Å². The van der Waals surface area contributed by atoms with Gasteiger partial charge in [0.05, 0.1) is 19.2 Å². The topological polar surface area (TPSA) is 94.8 Å². The highest BCUT2D eigenvalue weighted by Crippen LogP contribution is 2.27. The minimum absolute atomic E-state index is 0.195. The number of nitrogens with one attached hydrogen (secondary N) is 1. The molecule has 0 amide bonds. The van der Waals surface area contributed by atoms with E-state index in [1.54, 1.807) is 32.6 Å². The molecular formula is C20H23N5O3. The van der Waals surface area contributed by atoms with Crippen LogP contribution in [0.5, 0.6) is 17.5 Å². The Hall–Kier alpha value is -3.36. The molecule has 0 bridgehead atoms. The Kier molecular flexibility index (Phi) is 6.25. The van der Waals surface area contributed by atoms with E-state index in [-0.39, 0.29) is 6.01 Å². The normalized spacial score (nSPS) is 11.4. The molecule has 1 aromatic heterocycles. The van der Waals surface area contributed by atoms with Gasteiger partial charge in [-0.25, -0.2) is 11.0 Å². The number of fused-ring (bicyclic) bond motifs is 1. The molecule has 0 saturated heterocycles. The van der Waals surface area contributed by atoms with Crippen LogP contribution in [-0.2, 0) is 4.74 Å². The van der Waals surface area contributed by atoms with E-state index in [4.69, 9.17) is 20.1 Å². The number of methoxy groups -OCH3 is 2. The minimum atomic E-state index is 0.195. The number of benzene rings is 2. The average molecular weight is 381 g/mol. The van der Waals surface area contributed by atoms with Gasteiger partial charge < -0.3 is 14.2 Å². The zero-order chi connectivity index (χ0) is 19.9. The first kappa shape index (κ1) is 19.4. The zero-order valence-corrected chi connectivity index (χ0v) is 16.0. The van der Waals surface area contributed by atoms with Gasteiger partial charge in [-0.2, -0.15) is 9.97 Å². The van der Waals surface area contributed by atoms with Crippen LogP contribution in [0.4, 0.5) is 5.82 Å². The van der Waals surface area contributed by atoms with Crippen LogP contribution in [0, 0.1) is 0 Å². The van der Waals surface area contributed by atoms with Crippen molar-refractivity contribution < 1.29 is 14.2 Å². The smallest absolute Gasteiger partial charge is 0.324 e. The molecule has 0 aliphatic rings. The van der Waals surface area contributed by atoms with Crippen molar-refractivity contribution >= 4 is 16.7 Å². The Morgan fingerprint density at radius 1 is 1.11 bits per heavy atom. The second-order valence-corrected chi connectivity index (χ2v) is 6.08. The maximum Gasteiger partial charge on any atom is 0.324 e. The van der Waals surface area contributed by atoms with Gasteiger partial charge in [0.15, 0.2) is 5.82 Å². The maximum absolute atomic E-state index is 6.04. The van der Waals surface area contributed by atoms with Crippen molar-refractivity contribution in [3.63, 3.8) is 0 Å². The molecule has 8 heteroatoms. The summed E-state index contributed by atoms with van der Waals surface area (Å²) in [6.45, 7) is 2.39. The molecule has 3 N–H and O–H groups in total. The number of anilines is 1. The molecule has 1 heterocycles. The Bertz CT molecular complexity index is 977. The molecule has 0 unspecified atom stereocenters. The van der Waals surface area contributed by atoms with Gasteiger partial charge in [-0.05, 0) is 36.8 Å². The predicted molar refractivity (Wildman–Crippen MR) is 108 cm³/mol. The minimum Gasteiger partial charge on any atom is -0.497 e. The number of ether oxygens (including phenoxy) is 3. The van der Waals surface area contributed by atoms with E-state index in [2.05, 4.69) is 15.4 Å². The maximum atomic E-state index is 6.04. The van der Waals surface area contributed by atoms with E-state index in [1.165, 1.54) is 5.12 Å². The third-order valence-electron chi connectivity index (χ3n) is 3.80. The van der Waals surface area contributed by atoms with Gasteiger partial charge in [-0.3, -0.25) is 5.43 Å². The summed E-state index contributed by atoms with van der Waals surface area (Å²) in [5, 5.41) is 2.15. The first-order valence-corrected chi connectivity index (χ1v) is 8.64. The summed E-state index contributed by atoms with van der Waals surface area (Å²) >= 11 is 0. The molecule has 28 heavy (non-hydrogen) atoms. The molecule has 0 fully saturated rings. The SMILES string of the molecule is COC/C(C)=C/N(N)Nc1nc(Oc2cccc(OC)c2)nc2ccccc12. The quantitative estimate of drug-likeness (QED) is 0.452. The lowest BCUT2D eigenvalue weighted by atomic mass is 10.2. The number of nitrogens with zero attached hydrogens (tertiary/aromatic N) is 3. The van der Waals surface area contributed by atoms with Crippen LogP contribution in [0.3, 0.4) is 0 Å². The number of para-hydroxylation sites is 1. The number of hydrogen-bond donors (Lipinski definition) is 2. The van der Waals surface area contributed by atoms with Gasteiger partial charge >= 0.3 is 6.01 Å². The highest BCUT2D eigenvalue weighted by atomic mass is 16.5. The highest BCUT2D eigenvalue weighted by molar-refractivity contribution is 5.89. The molecule has 0 aliphatic heterocycles. The van der Waals surface area contributed by atoms with Gasteiger partial charge in [0.25, 0.3) is 0 Å². The first-order chi connectivity index (χ1) is 13.6. The molecule has 0 spiro atoms. The molecule has 3 rings (SSSR count). The van der Waals surface area contributed by atoms with Crippen LogP contribution in [0.25, 0.3) is 10.9 Å². The number of rotatable bonds is 8. The van der Waals surface area contributed by atoms with E-state index in [1.807, 2.05) is 43.3 Å². The molecule has 0 radical (unpaired) electrons. The van der Waals surface area contributed by atoms with Gasteiger partial charge in [0.1, 0.15) is 11.5 Å². The van der Waals surface area contributed by atoms with Crippen LogP contribution < -0.4 is 20.7 Å². The summed E-state index contributed by atoms with van der Waals surface area (Å²) in [6.07, 6.45) is 1.73. The monoisotopic (exact) mass is 381 g/mol. The summed E-state index contributed by atoms with van der Waals surface area (Å²) in [5.41, 5.74) is 4.72. The van der Waals surface area contributed by atoms with Crippen LogP contribution in [-0.4, -0.2) is 35.9 Å². The molecule has 0 aliphatic carbocycles. The van der Waals surface area contributed by atoms with Crippen molar-refractivity contribution in [3.8, 4) is 17.5 Å². The fourth-order valence-electron chi connectivity index (χ4n) is 2.61. The zero-order valence-electron chi connectivity index (χ0n) is 16.0. The van der Waals surface area contributed by atoms with Crippen molar-refractivity contribution in [3.05, 3.63) is 60.3 Å². The van der Waals surface area contributed by atoms with E-state index in [0.29, 0.717) is 23.9 Å². The molecule has 8 nitrogen and oxygen atoms in total. The second-order valence-electron chi connectivity index (χ2n) is 6.08. The highest BCUT2D eigenvalue weighted by Gasteiger charge is 2.11. The fourth-order valence-corrected chi connectivity index (χ4v) is 2.61. The van der Waals surface area contributed by atoms with Gasteiger partial charge in [-0.15, -0.1) is 0 Å². The van der Waals surface area contributed by atoms with E-state index >= 15 is 0 Å². The lowest BCUT2D eigenvalue weighted by Gasteiger charge is -2.18. The van der Waals surface area contributed by atoms with Gasteiger partial charge in [-0.1, -0.05) is 18.2 Å². The van der Waals surface area contributed by atoms with Crippen molar-refractivity contribution in [2.24, 2.45) is 5.84 Å². The van der Waals surface area contributed by atoms with Gasteiger partial charge in [0.2, 0.25) is 0 Å². The fraction of sp³-hybridized carbons (Fsp3) is 0.200. The largest absolute Gasteiger partial charge is 0.497 e. The summed E-state index contributed by atoms with van der Waals surface area (Å²) in [7, 11) is 3.23. The number of hydrazine groups is 2. The van der Waals surface area contributed by atoms with Crippen LogP contribution in [0.15, 0.2) is 60.3 Å². The van der Waals surface area contributed by atoms with Crippen LogP contribution >= 0.6 is 0 Å². The van der Waals surface area contributed by atoms with E-state index < -0.39 is 0 Å². The Labute approximate surface area is 163 Å². The molecule has 146 valence electrons. The molecular weight excluding hydrogens is 358 g/mol. The summed E-state index contributed by atoms with van der Waals surface area (Å²) in [4.78, 5) is 8.95. The lowest BCUT2D eigenvalue weighted by Crippen LogP contribution is -2.32. The van der Waals surface area contributed by atoms with Crippen molar-refractivity contribution in [1.82, 2.24) is 15.1 Å². The van der Waals surface area contributed by atoms with Crippen molar-refractivity contribution in [2.45, 2.75) is 6.92 Å². The van der Waals surface area contributed by atoms with Crippen LogP contribution in [0.2, 0.25) is 0 Å². The van der Waals surface area contributed by atoms with E-state index in [0.717, 1.165) is 16.5 Å². The van der Waals surface area contributed by atoms with Crippen molar-refractivity contribution in [2.75, 3.05) is 26.3 Å². The predicted octanol–water partition coefficient (Wildman–Crippen LogP) is 3.48. The Morgan fingerprint density at radius 2 is 1.89 bits per heavy atom. The lowest BCUT2D eigenvalue weighted by molar-refractivity contribution is 0.224. The molecule has 3 aromatic rings. The summed E-state index contributed by atoms with van der Waals surface area (Å²) in [6, 6.07) is 15.0. The Morgan fingerprint density at radius 3 is 2.68 bits per heavy atom. The molecule has 2 aromatic carbocycles. The number of hydrogen-bond acceptors (Lipinski definition) is 8. The second kappa shape index (κ2) is 9.03. The third-order valence-corrected chi connectivity index (χ3v) is 3.80. The standard InChI is InChI=1S/C20H23N5O3/c1-14(13-26-2)12-25(21)24-19-17-9-4-5-10-18(17)22-20(23-19)28-16-8-6-7-15(11-16)27-3/h4-12H,13,21H2,1-3H3,(H,22,23,24)/b14-12+. The number of nitrogens with two attached hydrogens (primary N) is 1. The average Bonchev–Trinajstić information content (AvgIpc) is 2.68. The van der Waals surface area contributed by atoms with E-state index in [9.17, 15) is 0 Å². The van der Waals surface area contributed by atoms with Gasteiger partial charge in [0, 0.05) is 24.8 Å². The van der Waals surface area contributed by atoms with Crippen molar-refractivity contribution in [1.29, 1.82) is 0 Å². The molecule has 0 atom stereocenters. The summed E-state index contributed by atoms with van der Waals surface area (Å²) in [5.74, 6) is 7.82. The molecule has 0 saturated carbocycles. The number of aromatic nitrogens is 2. The first-order valence-electron chi connectivity index (χ1n) is 8.64.